The van der Waals surface area contributed by atoms with Crippen molar-refractivity contribution in [3.63, 3.8) is 0 Å². The Hall–Kier alpha value is -3.89. The van der Waals surface area contributed by atoms with E-state index in [2.05, 4.69) is 4.98 Å². The maximum absolute atomic E-state index is 13.0. The minimum absolute atomic E-state index is 0.174. The Kier molecular flexibility index (Phi) is 5.56. The number of benzene rings is 2. The first kappa shape index (κ1) is 21.3. The summed E-state index contributed by atoms with van der Waals surface area (Å²) < 4.78 is 40.4. The molecular weight excluding hydrogens is 427 g/mol. The Morgan fingerprint density at radius 3 is 2.44 bits per heavy atom. The molecule has 4 rings (SSSR count). The van der Waals surface area contributed by atoms with Crippen molar-refractivity contribution in [3.05, 3.63) is 82.4 Å². The average Bonchev–Trinajstić information content (AvgIpc) is 3.32. The number of carbonyl (C=O) groups excluding carboxylic acids is 1. The van der Waals surface area contributed by atoms with Crippen molar-refractivity contribution in [2.24, 2.45) is 0 Å². The van der Waals surface area contributed by atoms with E-state index in [4.69, 9.17) is 0 Å². The second-order valence-electron chi connectivity index (χ2n) is 7.26. The van der Waals surface area contributed by atoms with Gasteiger partial charge in [-0.3, -0.25) is 14.9 Å². The molecule has 0 N–H and O–H groups in total. The number of nitro benzene ring substituents is 1. The second kappa shape index (κ2) is 8.33. The van der Waals surface area contributed by atoms with E-state index < -0.39 is 16.7 Å². The molecule has 1 aliphatic rings. The molecular formula is C21H18F3N5O3. The largest absolute Gasteiger partial charge is 0.416 e. The van der Waals surface area contributed by atoms with Crippen molar-refractivity contribution in [1.82, 2.24) is 14.5 Å². The zero-order valence-electron chi connectivity index (χ0n) is 16.7. The minimum atomic E-state index is -4.43. The quantitative estimate of drug-likeness (QED) is 0.451. The van der Waals surface area contributed by atoms with E-state index in [0.717, 1.165) is 12.1 Å². The van der Waals surface area contributed by atoms with Gasteiger partial charge in [-0.05, 0) is 30.3 Å². The topological polar surface area (TPSA) is 84.5 Å². The van der Waals surface area contributed by atoms with Crippen molar-refractivity contribution in [2.45, 2.75) is 6.18 Å². The van der Waals surface area contributed by atoms with Gasteiger partial charge >= 0.3 is 6.18 Å². The molecule has 3 aromatic rings. The van der Waals surface area contributed by atoms with Gasteiger partial charge in [-0.25, -0.2) is 4.98 Å². The maximum atomic E-state index is 13.0. The number of halogens is 3. The third kappa shape index (κ3) is 4.27. The minimum Gasteiger partial charge on any atom is -0.368 e. The van der Waals surface area contributed by atoms with Crippen molar-refractivity contribution >= 4 is 17.3 Å². The molecule has 1 fully saturated rings. The first-order valence-electron chi connectivity index (χ1n) is 9.72. The Bertz CT molecular complexity index is 1140. The van der Waals surface area contributed by atoms with Crippen molar-refractivity contribution in [3.8, 4) is 5.69 Å². The second-order valence-corrected chi connectivity index (χ2v) is 7.26. The third-order valence-corrected chi connectivity index (χ3v) is 5.31. The number of imidazole rings is 1. The van der Waals surface area contributed by atoms with Crippen LogP contribution in [0.1, 0.15) is 15.9 Å². The van der Waals surface area contributed by atoms with Gasteiger partial charge in [-0.15, -0.1) is 0 Å². The average molecular weight is 445 g/mol. The molecule has 0 radical (unpaired) electrons. The normalized spacial score (nSPS) is 14.5. The lowest BCUT2D eigenvalue weighted by molar-refractivity contribution is -0.384. The van der Waals surface area contributed by atoms with Gasteiger partial charge in [0.25, 0.3) is 11.6 Å². The summed E-state index contributed by atoms with van der Waals surface area (Å²) in [6.45, 7) is 1.27. The van der Waals surface area contributed by atoms with Gasteiger partial charge in [0, 0.05) is 55.9 Å². The number of rotatable bonds is 4. The number of hydrogen-bond donors (Lipinski definition) is 0. The molecule has 1 saturated heterocycles. The van der Waals surface area contributed by atoms with Crippen LogP contribution in [0, 0.1) is 10.1 Å². The predicted molar refractivity (Wildman–Crippen MR) is 110 cm³/mol. The lowest BCUT2D eigenvalue weighted by Gasteiger charge is -2.36. The van der Waals surface area contributed by atoms with E-state index >= 15 is 0 Å². The van der Waals surface area contributed by atoms with Crippen LogP contribution in [-0.2, 0) is 6.18 Å². The zero-order valence-corrected chi connectivity index (χ0v) is 16.7. The molecule has 1 aromatic heterocycles. The highest BCUT2D eigenvalue weighted by molar-refractivity contribution is 5.95. The summed E-state index contributed by atoms with van der Waals surface area (Å²) in [4.78, 5) is 31.1. The molecule has 11 heteroatoms. The fourth-order valence-corrected chi connectivity index (χ4v) is 3.65. The number of amides is 1. The monoisotopic (exact) mass is 445 g/mol. The van der Waals surface area contributed by atoms with Crippen molar-refractivity contribution in [1.29, 1.82) is 0 Å². The van der Waals surface area contributed by atoms with Crippen LogP contribution in [0.3, 0.4) is 0 Å². The number of aromatic nitrogens is 2. The van der Waals surface area contributed by atoms with Crippen LogP contribution >= 0.6 is 0 Å². The first-order chi connectivity index (χ1) is 15.2. The van der Waals surface area contributed by atoms with Gasteiger partial charge in [-0.1, -0.05) is 6.07 Å². The third-order valence-electron chi connectivity index (χ3n) is 5.31. The van der Waals surface area contributed by atoms with Gasteiger partial charge in [-0.2, -0.15) is 13.2 Å². The molecule has 0 unspecified atom stereocenters. The molecule has 0 aliphatic carbocycles. The summed E-state index contributed by atoms with van der Waals surface area (Å²) in [5.74, 6) is -0.367. The zero-order chi connectivity index (χ0) is 22.9. The Morgan fingerprint density at radius 2 is 1.81 bits per heavy atom. The molecule has 0 spiro atoms. The molecule has 1 aliphatic heterocycles. The highest BCUT2D eigenvalue weighted by Crippen LogP contribution is 2.32. The highest BCUT2D eigenvalue weighted by Gasteiger charge is 2.31. The fourth-order valence-electron chi connectivity index (χ4n) is 3.65. The molecule has 8 nitrogen and oxygen atoms in total. The standard InChI is InChI=1S/C21H18F3N5O3/c22-21(23,24)16-2-1-3-17(13-16)26-8-10-27(11-9-26)20(30)15-4-5-18(19(12-15)29(31)32)28-7-6-25-14-28/h1-7,12-14H,8-11H2. The van der Waals surface area contributed by atoms with E-state index in [0.29, 0.717) is 24.5 Å². The van der Waals surface area contributed by atoms with E-state index in [1.54, 1.807) is 22.1 Å². The van der Waals surface area contributed by atoms with Gasteiger partial charge in [0.1, 0.15) is 5.69 Å². The fraction of sp³-hybridized carbons (Fsp3) is 0.238. The molecule has 2 heterocycles. The van der Waals surface area contributed by atoms with Crippen LogP contribution < -0.4 is 4.90 Å². The molecule has 0 saturated carbocycles. The summed E-state index contributed by atoms with van der Waals surface area (Å²) in [7, 11) is 0. The van der Waals surface area contributed by atoms with Crippen molar-refractivity contribution in [2.75, 3.05) is 31.1 Å². The first-order valence-corrected chi connectivity index (χ1v) is 9.72. The van der Waals surface area contributed by atoms with Crippen LogP contribution in [0.25, 0.3) is 5.69 Å². The van der Waals surface area contributed by atoms with Gasteiger partial charge in [0.15, 0.2) is 0 Å². The maximum Gasteiger partial charge on any atom is 0.416 e. The number of alkyl halides is 3. The summed E-state index contributed by atoms with van der Waals surface area (Å²) >= 11 is 0. The van der Waals surface area contributed by atoms with Crippen LogP contribution in [0.15, 0.2) is 61.2 Å². The lowest BCUT2D eigenvalue weighted by Crippen LogP contribution is -2.48. The summed E-state index contributed by atoms with van der Waals surface area (Å²) in [6.07, 6.45) is 0.0612. The highest BCUT2D eigenvalue weighted by atomic mass is 19.4. The molecule has 166 valence electrons. The molecule has 32 heavy (non-hydrogen) atoms. The van der Waals surface area contributed by atoms with Gasteiger partial charge in [0.2, 0.25) is 0 Å². The summed E-state index contributed by atoms with van der Waals surface area (Å²) in [5.41, 5.74) is -0.0472. The van der Waals surface area contributed by atoms with Crippen LogP contribution in [0.4, 0.5) is 24.5 Å². The Balaban J connectivity index is 1.48. The number of nitrogens with zero attached hydrogens (tertiary/aromatic N) is 5. The number of nitro groups is 1. The van der Waals surface area contributed by atoms with Crippen molar-refractivity contribution < 1.29 is 22.9 Å². The van der Waals surface area contributed by atoms with Crippen LogP contribution in [0.5, 0.6) is 0 Å². The SMILES string of the molecule is O=C(c1ccc(-n2ccnc2)c([N+](=O)[O-])c1)N1CCN(c2cccc(C(F)(F)F)c2)CC1. The predicted octanol–water partition coefficient (Wildman–Crippen LogP) is 3.76. The van der Waals surface area contributed by atoms with Crippen LogP contribution in [0.2, 0.25) is 0 Å². The van der Waals surface area contributed by atoms with E-state index in [9.17, 15) is 28.1 Å². The smallest absolute Gasteiger partial charge is 0.368 e. The number of anilines is 1. The molecule has 2 aromatic carbocycles. The number of carbonyl (C=O) groups is 1. The van der Waals surface area contributed by atoms with E-state index in [-0.39, 0.29) is 30.2 Å². The van der Waals surface area contributed by atoms with Gasteiger partial charge in [0.05, 0.1) is 16.8 Å². The summed E-state index contributed by atoms with van der Waals surface area (Å²) in [6, 6.07) is 9.31. The number of hydrogen-bond acceptors (Lipinski definition) is 5. The molecule has 0 bridgehead atoms. The Labute approximate surface area is 180 Å². The Morgan fingerprint density at radius 1 is 1.06 bits per heavy atom. The molecule has 0 atom stereocenters. The lowest BCUT2D eigenvalue weighted by atomic mass is 10.1. The van der Waals surface area contributed by atoms with Gasteiger partial charge < -0.3 is 14.4 Å². The molecule has 1 amide bonds. The van der Waals surface area contributed by atoms with E-state index in [1.807, 2.05) is 0 Å². The van der Waals surface area contributed by atoms with Crippen LogP contribution in [-0.4, -0.2) is 51.5 Å². The number of piperazine rings is 1. The summed E-state index contributed by atoms with van der Waals surface area (Å²) in [5, 5.41) is 11.5. The van der Waals surface area contributed by atoms with E-state index in [1.165, 1.54) is 41.4 Å².